The highest BCUT2D eigenvalue weighted by atomic mass is 79.9. The summed E-state index contributed by atoms with van der Waals surface area (Å²) in [6.45, 7) is 2.13. The summed E-state index contributed by atoms with van der Waals surface area (Å²) < 4.78 is 14.7. The first kappa shape index (κ1) is 13.7. The molecule has 1 atom stereocenters. The molecule has 2 rings (SSSR count). The Bertz CT molecular complexity index is 488. The maximum absolute atomic E-state index is 14.3. The third kappa shape index (κ3) is 2.52. The number of benzene rings is 1. The van der Waals surface area contributed by atoms with Crippen LogP contribution in [-0.4, -0.2) is 18.1 Å². The molecule has 1 aromatic carbocycles. The van der Waals surface area contributed by atoms with E-state index in [4.69, 9.17) is 18.0 Å². The summed E-state index contributed by atoms with van der Waals surface area (Å²) in [5.41, 5.74) is 6.67. The van der Waals surface area contributed by atoms with E-state index in [-0.39, 0.29) is 10.8 Å². The molecule has 1 unspecified atom stereocenters. The fraction of sp³-hybridized carbons (Fsp3) is 0.462. The van der Waals surface area contributed by atoms with Gasteiger partial charge in [0.15, 0.2) is 5.82 Å². The van der Waals surface area contributed by atoms with Gasteiger partial charge in [0.05, 0.1) is 10.2 Å². The molecule has 1 aromatic rings. The summed E-state index contributed by atoms with van der Waals surface area (Å²) in [6.07, 6.45) is 2.47. The first-order chi connectivity index (χ1) is 8.43. The number of hydrogen-bond acceptors (Lipinski definition) is 2. The normalized spacial score (nSPS) is 16.4. The fourth-order valence-corrected chi connectivity index (χ4v) is 2.97. The van der Waals surface area contributed by atoms with Crippen molar-refractivity contribution in [2.24, 2.45) is 11.7 Å². The SMILES string of the molecule is CC(C1CC1)N(C)c1ccc(C(N)=S)c(Br)c1F. The van der Waals surface area contributed by atoms with E-state index in [2.05, 4.69) is 22.9 Å². The van der Waals surface area contributed by atoms with E-state index in [1.807, 2.05) is 11.9 Å². The largest absolute Gasteiger partial charge is 0.389 e. The predicted octanol–water partition coefficient (Wildman–Crippen LogP) is 3.46. The molecule has 0 spiro atoms. The van der Waals surface area contributed by atoms with Gasteiger partial charge in [-0.1, -0.05) is 12.2 Å². The number of hydrogen-bond donors (Lipinski definition) is 1. The second-order valence-corrected chi connectivity index (χ2v) is 6.05. The third-order valence-corrected chi connectivity index (χ3v) is 4.62. The summed E-state index contributed by atoms with van der Waals surface area (Å²) in [5.74, 6) is 0.388. The molecule has 1 aliphatic rings. The minimum atomic E-state index is -0.296. The molecule has 0 saturated heterocycles. The molecule has 1 saturated carbocycles. The number of nitrogens with two attached hydrogens (primary N) is 1. The Hall–Kier alpha value is -0.680. The van der Waals surface area contributed by atoms with E-state index >= 15 is 0 Å². The number of thiocarbonyl (C=S) groups is 1. The first-order valence-electron chi connectivity index (χ1n) is 5.94. The quantitative estimate of drug-likeness (QED) is 0.857. The fourth-order valence-electron chi connectivity index (χ4n) is 2.12. The van der Waals surface area contributed by atoms with E-state index < -0.39 is 0 Å². The van der Waals surface area contributed by atoms with Gasteiger partial charge in [-0.05, 0) is 53.7 Å². The zero-order valence-corrected chi connectivity index (χ0v) is 12.8. The Morgan fingerprint density at radius 3 is 2.67 bits per heavy atom. The molecule has 5 heteroatoms. The van der Waals surface area contributed by atoms with Gasteiger partial charge in [0.1, 0.15) is 4.99 Å². The summed E-state index contributed by atoms with van der Waals surface area (Å²) in [5, 5.41) is 0. The van der Waals surface area contributed by atoms with Gasteiger partial charge in [0, 0.05) is 18.7 Å². The van der Waals surface area contributed by atoms with E-state index in [1.54, 1.807) is 12.1 Å². The smallest absolute Gasteiger partial charge is 0.161 e. The van der Waals surface area contributed by atoms with Crippen molar-refractivity contribution in [1.29, 1.82) is 0 Å². The van der Waals surface area contributed by atoms with E-state index in [0.29, 0.717) is 27.7 Å². The Balaban J connectivity index is 2.34. The third-order valence-electron chi connectivity index (χ3n) is 3.62. The Morgan fingerprint density at radius 1 is 1.56 bits per heavy atom. The molecule has 2 N–H and O–H groups in total. The van der Waals surface area contributed by atoms with Crippen LogP contribution >= 0.6 is 28.1 Å². The molecular formula is C13H16BrFN2S. The number of halogens is 2. The monoisotopic (exact) mass is 330 g/mol. The van der Waals surface area contributed by atoms with Crippen LogP contribution in [0.3, 0.4) is 0 Å². The van der Waals surface area contributed by atoms with Crippen molar-refractivity contribution in [3.05, 3.63) is 28.0 Å². The highest BCUT2D eigenvalue weighted by Crippen LogP contribution is 2.38. The Labute approximate surface area is 120 Å². The molecular weight excluding hydrogens is 315 g/mol. The second kappa shape index (κ2) is 5.13. The molecule has 0 aliphatic heterocycles. The number of anilines is 1. The zero-order valence-electron chi connectivity index (χ0n) is 10.4. The van der Waals surface area contributed by atoms with Gasteiger partial charge in [-0.15, -0.1) is 0 Å². The highest BCUT2D eigenvalue weighted by molar-refractivity contribution is 9.10. The van der Waals surface area contributed by atoms with Crippen molar-refractivity contribution < 1.29 is 4.39 Å². The van der Waals surface area contributed by atoms with E-state index in [1.165, 1.54) is 12.8 Å². The van der Waals surface area contributed by atoms with Crippen LogP contribution in [0.4, 0.5) is 10.1 Å². The Kier molecular flexibility index (Phi) is 3.92. The van der Waals surface area contributed by atoms with Gasteiger partial charge >= 0.3 is 0 Å². The molecule has 0 heterocycles. The summed E-state index contributed by atoms with van der Waals surface area (Å²) in [7, 11) is 1.92. The first-order valence-corrected chi connectivity index (χ1v) is 7.14. The van der Waals surface area contributed by atoms with Gasteiger partial charge in [-0.3, -0.25) is 0 Å². The van der Waals surface area contributed by atoms with E-state index in [0.717, 1.165) is 0 Å². The standard InChI is InChI=1S/C13H16BrFN2S/c1-7(8-3-4-8)17(2)10-6-5-9(13(16)18)11(14)12(10)15/h5-8H,3-4H2,1-2H3,(H2,16,18). The highest BCUT2D eigenvalue weighted by Gasteiger charge is 2.31. The summed E-state index contributed by atoms with van der Waals surface area (Å²) >= 11 is 8.12. The molecule has 98 valence electrons. The van der Waals surface area contributed by atoms with Crippen molar-refractivity contribution in [3.8, 4) is 0 Å². The van der Waals surface area contributed by atoms with Gasteiger partial charge in [-0.25, -0.2) is 4.39 Å². The van der Waals surface area contributed by atoms with Crippen LogP contribution in [0, 0.1) is 11.7 Å². The molecule has 0 radical (unpaired) electrons. The minimum Gasteiger partial charge on any atom is -0.389 e. The van der Waals surface area contributed by atoms with Gasteiger partial charge in [-0.2, -0.15) is 0 Å². The van der Waals surface area contributed by atoms with Crippen LogP contribution < -0.4 is 10.6 Å². The maximum atomic E-state index is 14.3. The van der Waals surface area contributed by atoms with Gasteiger partial charge in [0.2, 0.25) is 0 Å². The molecule has 0 amide bonds. The van der Waals surface area contributed by atoms with Gasteiger partial charge < -0.3 is 10.6 Å². The van der Waals surface area contributed by atoms with Crippen molar-refractivity contribution in [2.75, 3.05) is 11.9 Å². The lowest BCUT2D eigenvalue weighted by molar-refractivity contribution is 0.573. The second-order valence-electron chi connectivity index (χ2n) is 4.81. The lowest BCUT2D eigenvalue weighted by atomic mass is 10.1. The number of rotatable bonds is 4. The topological polar surface area (TPSA) is 29.3 Å². The predicted molar refractivity (Wildman–Crippen MR) is 80.6 cm³/mol. The van der Waals surface area contributed by atoms with Crippen molar-refractivity contribution in [3.63, 3.8) is 0 Å². The van der Waals surface area contributed by atoms with Crippen LogP contribution in [0.25, 0.3) is 0 Å². The average molecular weight is 331 g/mol. The van der Waals surface area contributed by atoms with Crippen LogP contribution in [0.1, 0.15) is 25.3 Å². The van der Waals surface area contributed by atoms with Crippen LogP contribution in [-0.2, 0) is 0 Å². The lowest BCUT2D eigenvalue weighted by Gasteiger charge is -2.28. The molecule has 1 aliphatic carbocycles. The van der Waals surface area contributed by atoms with Crippen molar-refractivity contribution >= 4 is 38.8 Å². The molecule has 2 nitrogen and oxygen atoms in total. The molecule has 0 aromatic heterocycles. The average Bonchev–Trinajstić information content (AvgIpc) is 3.14. The van der Waals surface area contributed by atoms with Crippen LogP contribution in [0.2, 0.25) is 0 Å². The minimum absolute atomic E-state index is 0.199. The molecule has 18 heavy (non-hydrogen) atoms. The molecule has 1 fully saturated rings. The summed E-state index contributed by atoms with van der Waals surface area (Å²) in [4.78, 5) is 2.19. The molecule has 0 bridgehead atoms. The van der Waals surface area contributed by atoms with Crippen LogP contribution in [0.15, 0.2) is 16.6 Å². The summed E-state index contributed by atoms with van der Waals surface area (Å²) in [6, 6.07) is 3.86. The zero-order chi connectivity index (χ0) is 13.4. The Morgan fingerprint density at radius 2 is 2.17 bits per heavy atom. The number of nitrogens with zero attached hydrogens (tertiary/aromatic N) is 1. The lowest BCUT2D eigenvalue weighted by Crippen LogP contribution is -2.31. The van der Waals surface area contributed by atoms with Crippen molar-refractivity contribution in [2.45, 2.75) is 25.8 Å². The van der Waals surface area contributed by atoms with Gasteiger partial charge in [0.25, 0.3) is 0 Å². The maximum Gasteiger partial charge on any atom is 0.161 e. The van der Waals surface area contributed by atoms with E-state index in [9.17, 15) is 4.39 Å². The van der Waals surface area contributed by atoms with Crippen molar-refractivity contribution in [1.82, 2.24) is 0 Å². The van der Waals surface area contributed by atoms with Crippen LogP contribution in [0.5, 0.6) is 0 Å².